The van der Waals surface area contributed by atoms with Gasteiger partial charge in [0.25, 0.3) is 0 Å². The minimum atomic E-state index is -3.62. The van der Waals surface area contributed by atoms with Crippen LogP contribution in [0.3, 0.4) is 0 Å². The molecule has 0 unspecified atom stereocenters. The molecule has 170 valence electrons. The Bertz CT molecular complexity index is 1420. The molecule has 0 saturated carbocycles. The van der Waals surface area contributed by atoms with Gasteiger partial charge in [0.2, 0.25) is 15.9 Å². The van der Waals surface area contributed by atoms with Gasteiger partial charge in [-0.2, -0.15) is 5.10 Å². The molecule has 4 rings (SSSR count). The van der Waals surface area contributed by atoms with Crippen molar-refractivity contribution in [1.82, 2.24) is 24.1 Å². The third-order valence-corrected chi connectivity index (χ3v) is 7.86. The lowest BCUT2D eigenvalue weighted by atomic mass is 10.2. The number of nitrogens with zero attached hydrogens (tertiary/aromatic N) is 5. The highest BCUT2D eigenvalue weighted by atomic mass is 32.2. The number of nitrogens with one attached hydrogen (secondary N) is 1. The van der Waals surface area contributed by atoms with Crippen molar-refractivity contribution in [1.29, 1.82) is 0 Å². The van der Waals surface area contributed by atoms with E-state index >= 15 is 0 Å². The molecule has 0 bridgehead atoms. The summed E-state index contributed by atoms with van der Waals surface area (Å²) in [5.41, 5.74) is 2.55. The lowest BCUT2D eigenvalue weighted by Gasteiger charge is -2.15. The molecule has 0 saturated heterocycles. The first-order valence-corrected chi connectivity index (χ1v) is 12.4. The molecule has 0 radical (unpaired) electrons. The standard InChI is InChI=1S/C22H22N6O3S2/c1-15-9-10-16(11-19(15)33(30,31)27(2)3)26-20(29)13-32-22-18-12-25-28(21(18)23-14-24-22)17-7-5-4-6-8-17/h4-12,14H,13H2,1-3H3,(H,26,29). The Morgan fingerprint density at radius 2 is 1.88 bits per heavy atom. The zero-order chi connectivity index (χ0) is 23.6. The number of carbonyl (C=O) groups is 1. The Morgan fingerprint density at radius 3 is 2.61 bits per heavy atom. The number of aryl methyl sites for hydroxylation is 1. The summed E-state index contributed by atoms with van der Waals surface area (Å²) in [6, 6.07) is 14.5. The first-order chi connectivity index (χ1) is 15.8. The van der Waals surface area contributed by atoms with Gasteiger partial charge in [-0.3, -0.25) is 4.79 Å². The van der Waals surface area contributed by atoms with Crippen LogP contribution in [0.5, 0.6) is 0 Å². The maximum absolute atomic E-state index is 12.6. The molecular formula is C22H22N6O3S2. The zero-order valence-electron chi connectivity index (χ0n) is 18.3. The van der Waals surface area contributed by atoms with Crippen LogP contribution in [0.4, 0.5) is 5.69 Å². The fraction of sp³-hybridized carbons (Fsp3) is 0.182. The maximum Gasteiger partial charge on any atom is 0.242 e. The van der Waals surface area contributed by atoms with Gasteiger partial charge in [-0.1, -0.05) is 36.0 Å². The average molecular weight is 483 g/mol. The zero-order valence-corrected chi connectivity index (χ0v) is 19.9. The molecule has 2 aromatic carbocycles. The average Bonchev–Trinajstić information content (AvgIpc) is 3.24. The van der Waals surface area contributed by atoms with E-state index in [0.29, 0.717) is 21.9 Å². The fourth-order valence-corrected chi connectivity index (χ4v) is 5.08. The van der Waals surface area contributed by atoms with Crippen molar-refractivity contribution in [2.75, 3.05) is 25.2 Å². The summed E-state index contributed by atoms with van der Waals surface area (Å²) in [5.74, 6) is -0.189. The van der Waals surface area contributed by atoms with Gasteiger partial charge in [0.1, 0.15) is 11.4 Å². The van der Waals surface area contributed by atoms with Crippen LogP contribution in [0.1, 0.15) is 5.56 Å². The normalized spacial score (nSPS) is 11.8. The third kappa shape index (κ3) is 4.75. The summed E-state index contributed by atoms with van der Waals surface area (Å²) >= 11 is 1.26. The van der Waals surface area contributed by atoms with Crippen molar-refractivity contribution in [2.24, 2.45) is 0 Å². The summed E-state index contributed by atoms with van der Waals surface area (Å²) in [6.07, 6.45) is 3.13. The van der Waals surface area contributed by atoms with Gasteiger partial charge in [-0.25, -0.2) is 27.4 Å². The van der Waals surface area contributed by atoms with Crippen molar-refractivity contribution in [3.05, 3.63) is 66.6 Å². The minimum Gasteiger partial charge on any atom is -0.325 e. The van der Waals surface area contributed by atoms with Gasteiger partial charge in [0.05, 0.1) is 27.9 Å². The molecule has 0 atom stereocenters. The van der Waals surface area contributed by atoms with E-state index in [1.165, 1.54) is 38.3 Å². The highest BCUT2D eigenvalue weighted by Crippen LogP contribution is 2.26. The molecule has 2 aromatic heterocycles. The monoisotopic (exact) mass is 482 g/mol. The molecule has 9 nitrogen and oxygen atoms in total. The van der Waals surface area contributed by atoms with Crippen LogP contribution in [-0.4, -0.2) is 58.2 Å². The Kier molecular flexibility index (Phi) is 6.45. The lowest BCUT2D eigenvalue weighted by Crippen LogP contribution is -2.23. The van der Waals surface area contributed by atoms with Crippen molar-refractivity contribution in [2.45, 2.75) is 16.8 Å². The smallest absolute Gasteiger partial charge is 0.242 e. The van der Waals surface area contributed by atoms with E-state index in [2.05, 4.69) is 20.4 Å². The summed E-state index contributed by atoms with van der Waals surface area (Å²) in [7, 11) is -0.673. The maximum atomic E-state index is 12.6. The minimum absolute atomic E-state index is 0.0896. The van der Waals surface area contributed by atoms with Gasteiger partial charge >= 0.3 is 0 Å². The summed E-state index contributed by atoms with van der Waals surface area (Å²) in [6.45, 7) is 1.72. The van der Waals surface area contributed by atoms with E-state index in [4.69, 9.17) is 0 Å². The number of carbonyl (C=O) groups excluding carboxylic acids is 1. The van der Waals surface area contributed by atoms with Crippen molar-refractivity contribution in [3.63, 3.8) is 0 Å². The van der Waals surface area contributed by atoms with Gasteiger partial charge in [-0.15, -0.1) is 0 Å². The van der Waals surface area contributed by atoms with Crippen molar-refractivity contribution >= 4 is 44.4 Å². The topological polar surface area (TPSA) is 110 Å². The number of amides is 1. The van der Waals surface area contributed by atoms with Gasteiger partial charge < -0.3 is 5.32 Å². The first-order valence-electron chi connectivity index (χ1n) is 9.97. The van der Waals surface area contributed by atoms with Crippen LogP contribution >= 0.6 is 11.8 Å². The molecule has 0 aliphatic carbocycles. The van der Waals surface area contributed by atoms with E-state index in [-0.39, 0.29) is 16.6 Å². The van der Waals surface area contributed by atoms with E-state index < -0.39 is 10.0 Å². The molecule has 0 spiro atoms. The predicted molar refractivity (Wildman–Crippen MR) is 128 cm³/mol. The molecule has 11 heteroatoms. The second-order valence-corrected chi connectivity index (χ2v) is 10.5. The number of para-hydroxylation sites is 1. The van der Waals surface area contributed by atoms with Crippen LogP contribution in [0, 0.1) is 6.92 Å². The quantitative estimate of drug-likeness (QED) is 0.318. The number of aromatic nitrogens is 4. The number of hydrogen-bond donors (Lipinski definition) is 1. The molecule has 0 aliphatic rings. The largest absolute Gasteiger partial charge is 0.325 e. The second kappa shape index (κ2) is 9.30. The van der Waals surface area contributed by atoms with Crippen molar-refractivity contribution < 1.29 is 13.2 Å². The van der Waals surface area contributed by atoms with E-state index in [9.17, 15) is 13.2 Å². The number of hydrogen-bond acceptors (Lipinski definition) is 7. The van der Waals surface area contributed by atoms with Crippen LogP contribution in [0.2, 0.25) is 0 Å². The molecular weight excluding hydrogens is 460 g/mol. The van der Waals surface area contributed by atoms with Crippen LogP contribution in [-0.2, 0) is 14.8 Å². The first kappa shape index (κ1) is 22.9. The lowest BCUT2D eigenvalue weighted by molar-refractivity contribution is -0.113. The van der Waals surface area contributed by atoms with Crippen LogP contribution in [0.15, 0.2) is 71.0 Å². The third-order valence-electron chi connectivity index (χ3n) is 4.90. The Hall–Kier alpha value is -3.28. The molecule has 0 fully saturated rings. The summed E-state index contributed by atoms with van der Waals surface area (Å²) < 4.78 is 27.9. The number of thioether (sulfide) groups is 1. The second-order valence-electron chi connectivity index (χ2n) is 7.41. The van der Waals surface area contributed by atoms with E-state index in [1.807, 2.05) is 30.3 Å². The Balaban J connectivity index is 1.50. The SMILES string of the molecule is Cc1ccc(NC(=O)CSc2ncnc3c2cnn3-c2ccccc2)cc1S(=O)(=O)N(C)C. The van der Waals surface area contributed by atoms with Gasteiger partial charge in [-0.05, 0) is 36.8 Å². The van der Waals surface area contributed by atoms with Crippen molar-refractivity contribution in [3.8, 4) is 5.69 Å². The Morgan fingerprint density at radius 1 is 1.12 bits per heavy atom. The number of sulfonamides is 1. The molecule has 2 heterocycles. The van der Waals surface area contributed by atoms with E-state index in [0.717, 1.165) is 15.4 Å². The molecule has 4 aromatic rings. The summed E-state index contributed by atoms with van der Waals surface area (Å²) in [5, 5.41) is 8.56. The van der Waals surface area contributed by atoms with Gasteiger partial charge in [0.15, 0.2) is 5.65 Å². The van der Waals surface area contributed by atoms with Gasteiger partial charge in [0, 0.05) is 19.8 Å². The fourth-order valence-electron chi connectivity index (χ4n) is 3.18. The highest BCUT2D eigenvalue weighted by molar-refractivity contribution is 8.00. The highest BCUT2D eigenvalue weighted by Gasteiger charge is 2.20. The number of rotatable bonds is 7. The van der Waals surface area contributed by atoms with Crippen LogP contribution < -0.4 is 5.32 Å². The number of benzene rings is 2. The van der Waals surface area contributed by atoms with E-state index in [1.54, 1.807) is 29.9 Å². The predicted octanol–water partition coefficient (Wildman–Crippen LogP) is 3.11. The number of fused-ring (bicyclic) bond motifs is 1. The Labute approximate surface area is 195 Å². The summed E-state index contributed by atoms with van der Waals surface area (Å²) in [4.78, 5) is 21.4. The molecule has 1 N–H and O–H groups in total. The number of anilines is 1. The molecule has 0 aliphatic heterocycles. The van der Waals surface area contributed by atoms with Crippen LogP contribution in [0.25, 0.3) is 16.7 Å². The molecule has 33 heavy (non-hydrogen) atoms. The molecule has 1 amide bonds.